The van der Waals surface area contributed by atoms with Gasteiger partial charge in [-0.25, -0.2) is 4.39 Å². The summed E-state index contributed by atoms with van der Waals surface area (Å²) in [6.45, 7) is 2.01. The van der Waals surface area contributed by atoms with Crippen molar-refractivity contribution in [2.24, 2.45) is 0 Å². The van der Waals surface area contributed by atoms with E-state index in [-0.39, 0.29) is 36.6 Å². The molecular formula is C18H19Cl2FN2O. The molecule has 0 spiro atoms. The molecule has 2 aromatic rings. The molecule has 24 heavy (non-hydrogen) atoms. The molecule has 1 heterocycles. The van der Waals surface area contributed by atoms with Gasteiger partial charge in [-0.1, -0.05) is 41.9 Å². The monoisotopic (exact) mass is 368 g/mol. The van der Waals surface area contributed by atoms with Crippen molar-refractivity contribution in [3.05, 3.63) is 70.5 Å². The van der Waals surface area contributed by atoms with Crippen molar-refractivity contribution in [1.82, 2.24) is 10.2 Å². The van der Waals surface area contributed by atoms with E-state index in [0.29, 0.717) is 23.7 Å². The molecule has 0 aromatic heterocycles. The van der Waals surface area contributed by atoms with Crippen LogP contribution < -0.4 is 5.32 Å². The summed E-state index contributed by atoms with van der Waals surface area (Å²) in [7, 11) is 0. The largest absolute Gasteiger partial charge is 0.333 e. The predicted octanol–water partition coefficient (Wildman–Crippen LogP) is 3.62. The van der Waals surface area contributed by atoms with Crippen LogP contribution in [-0.4, -0.2) is 30.4 Å². The van der Waals surface area contributed by atoms with Crippen molar-refractivity contribution in [3.63, 3.8) is 0 Å². The molecule has 1 atom stereocenters. The van der Waals surface area contributed by atoms with E-state index in [1.165, 1.54) is 6.07 Å². The molecular weight excluding hydrogens is 350 g/mol. The Kier molecular flexibility index (Phi) is 6.60. The van der Waals surface area contributed by atoms with Gasteiger partial charge in [0.15, 0.2) is 0 Å². The molecule has 6 heteroatoms. The Labute approximate surface area is 152 Å². The number of amides is 1. The topological polar surface area (TPSA) is 32.3 Å². The van der Waals surface area contributed by atoms with E-state index in [4.69, 9.17) is 11.6 Å². The SMILES string of the molecule is Cl.O=C(Cc1ccccc1F)N1CCNCC1c1cccc(Cl)c1. The summed E-state index contributed by atoms with van der Waals surface area (Å²) in [6, 6.07) is 13.9. The number of carbonyl (C=O) groups is 1. The zero-order chi connectivity index (χ0) is 16.2. The maximum atomic E-state index is 13.8. The van der Waals surface area contributed by atoms with Gasteiger partial charge in [0.1, 0.15) is 5.82 Å². The summed E-state index contributed by atoms with van der Waals surface area (Å²) >= 11 is 6.07. The van der Waals surface area contributed by atoms with E-state index in [2.05, 4.69) is 5.32 Å². The van der Waals surface area contributed by atoms with Gasteiger partial charge in [0, 0.05) is 24.7 Å². The number of carbonyl (C=O) groups excluding carboxylic acids is 1. The molecule has 1 aliphatic heterocycles. The van der Waals surface area contributed by atoms with Crippen LogP contribution in [0.5, 0.6) is 0 Å². The minimum atomic E-state index is -0.338. The number of nitrogens with zero attached hydrogens (tertiary/aromatic N) is 1. The molecule has 1 saturated heterocycles. The second-order valence-corrected chi connectivity index (χ2v) is 6.07. The van der Waals surface area contributed by atoms with Gasteiger partial charge in [-0.3, -0.25) is 4.79 Å². The second kappa shape index (κ2) is 8.47. The highest BCUT2D eigenvalue weighted by Crippen LogP contribution is 2.25. The van der Waals surface area contributed by atoms with Gasteiger partial charge in [-0.05, 0) is 29.3 Å². The molecule has 0 saturated carbocycles. The van der Waals surface area contributed by atoms with Crippen molar-refractivity contribution < 1.29 is 9.18 Å². The van der Waals surface area contributed by atoms with Crippen molar-refractivity contribution >= 4 is 29.9 Å². The van der Waals surface area contributed by atoms with Crippen molar-refractivity contribution in [1.29, 1.82) is 0 Å². The van der Waals surface area contributed by atoms with Crippen LogP contribution in [0.15, 0.2) is 48.5 Å². The summed E-state index contributed by atoms with van der Waals surface area (Å²) in [6.07, 6.45) is 0.0732. The zero-order valence-corrected chi connectivity index (χ0v) is 14.6. The van der Waals surface area contributed by atoms with Crippen LogP contribution in [0.25, 0.3) is 0 Å². The Bertz CT molecular complexity index is 711. The number of nitrogens with one attached hydrogen (secondary N) is 1. The average molecular weight is 369 g/mol. The number of piperazine rings is 1. The maximum absolute atomic E-state index is 13.8. The van der Waals surface area contributed by atoms with Gasteiger partial charge >= 0.3 is 0 Å². The Morgan fingerprint density at radius 3 is 2.79 bits per heavy atom. The Hall–Kier alpha value is -1.62. The lowest BCUT2D eigenvalue weighted by Crippen LogP contribution is -2.49. The van der Waals surface area contributed by atoms with E-state index in [0.717, 1.165) is 12.1 Å². The molecule has 128 valence electrons. The smallest absolute Gasteiger partial charge is 0.227 e. The molecule has 0 radical (unpaired) electrons. The van der Waals surface area contributed by atoms with Gasteiger partial charge in [0.2, 0.25) is 5.91 Å². The molecule has 1 N–H and O–H groups in total. The highest BCUT2D eigenvalue weighted by Gasteiger charge is 2.28. The summed E-state index contributed by atoms with van der Waals surface area (Å²) < 4.78 is 13.8. The molecule has 2 aromatic carbocycles. The molecule has 0 aliphatic carbocycles. The van der Waals surface area contributed by atoms with E-state index in [9.17, 15) is 9.18 Å². The molecule has 1 amide bonds. The Balaban J connectivity index is 0.00000208. The van der Waals surface area contributed by atoms with Crippen LogP contribution in [0.2, 0.25) is 5.02 Å². The van der Waals surface area contributed by atoms with E-state index in [1.807, 2.05) is 29.2 Å². The average Bonchev–Trinajstić information content (AvgIpc) is 2.57. The fraction of sp³-hybridized carbons (Fsp3) is 0.278. The standard InChI is InChI=1S/C18H18ClFN2O.ClH/c19-15-6-3-5-14(10-15)17-12-21-8-9-22(17)18(23)11-13-4-1-2-7-16(13)20;/h1-7,10,17,21H,8-9,11-12H2;1H. The lowest BCUT2D eigenvalue weighted by Gasteiger charge is -2.36. The van der Waals surface area contributed by atoms with Crippen molar-refractivity contribution in [2.75, 3.05) is 19.6 Å². The number of halogens is 3. The van der Waals surface area contributed by atoms with Crippen molar-refractivity contribution in [3.8, 4) is 0 Å². The molecule has 0 bridgehead atoms. The summed E-state index contributed by atoms with van der Waals surface area (Å²) in [5.74, 6) is -0.406. The first-order valence-electron chi connectivity index (χ1n) is 7.64. The van der Waals surface area contributed by atoms with Gasteiger partial charge in [-0.2, -0.15) is 0 Å². The van der Waals surface area contributed by atoms with Gasteiger partial charge in [0.05, 0.1) is 12.5 Å². The summed E-state index contributed by atoms with van der Waals surface area (Å²) in [4.78, 5) is 14.5. The fourth-order valence-corrected chi connectivity index (χ4v) is 3.12. The van der Waals surface area contributed by atoms with Crippen LogP contribution in [0.1, 0.15) is 17.2 Å². The second-order valence-electron chi connectivity index (χ2n) is 5.63. The first-order valence-corrected chi connectivity index (χ1v) is 8.02. The van der Waals surface area contributed by atoms with Gasteiger partial charge < -0.3 is 10.2 Å². The number of hydrogen-bond donors (Lipinski definition) is 1. The van der Waals surface area contributed by atoms with Crippen LogP contribution in [0, 0.1) is 5.82 Å². The first kappa shape index (κ1) is 18.7. The predicted molar refractivity (Wildman–Crippen MR) is 96.1 cm³/mol. The number of benzene rings is 2. The molecule has 1 unspecified atom stereocenters. The van der Waals surface area contributed by atoms with Crippen LogP contribution >= 0.6 is 24.0 Å². The number of hydrogen-bond acceptors (Lipinski definition) is 2. The van der Waals surface area contributed by atoms with Crippen LogP contribution in [0.3, 0.4) is 0 Å². The molecule has 1 aliphatic rings. The lowest BCUT2D eigenvalue weighted by molar-refractivity contribution is -0.133. The maximum Gasteiger partial charge on any atom is 0.227 e. The lowest BCUT2D eigenvalue weighted by atomic mass is 10.0. The Morgan fingerprint density at radius 1 is 1.25 bits per heavy atom. The number of rotatable bonds is 3. The fourth-order valence-electron chi connectivity index (χ4n) is 2.92. The quantitative estimate of drug-likeness (QED) is 0.897. The highest BCUT2D eigenvalue weighted by molar-refractivity contribution is 6.30. The third-order valence-electron chi connectivity index (χ3n) is 4.10. The normalized spacial score (nSPS) is 17.2. The zero-order valence-electron chi connectivity index (χ0n) is 13.0. The first-order chi connectivity index (χ1) is 11.1. The van der Waals surface area contributed by atoms with E-state index in [1.54, 1.807) is 18.2 Å². The third kappa shape index (κ3) is 4.26. The highest BCUT2D eigenvalue weighted by atomic mass is 35.5. The summed E-state index contributed by atoms with van der Waals surface area (Å²) in [5, 5.41) is 3.95. The molecule has 1 fully saturated rings. The van der Waals surface area contributed by atoms with Gasteiger partial charge in [-0.15, -0.1) is 12.4 Å². The summed E-state index contributed by atoms with van der Waals surface area (Å²) in [5.41, 5.74) is 1.42. The van der Waals surface area contributed by atoms with Crippen LogP contribution in [0.4, 0.5) is 4.39 Å². The van der Waals surface area contributed by atoms with Crippen LogP contribution in [-0.2, 0) is 11.2 Å². The van der Waals surface area contributed by atoms with E-state index >= 15 is 0 Å². The molecule has 3 rings (SSSR count). The third-order valence-corrected chi connectivity index (χ3v) is 4.33. The van der Waals surface area contributed by atoms with Crippen molar-refractivity contribution in [2.45, 2.75) is 12.5 Å². The van der Waals surface area contributed by atoms with Gasteiger partial charge in [0.25, 0.3) is 0 Å². The van der Waals surface area contributed by atoms with E-state index < -0.39 is 0 Å². The minimum Gasteiger partial charge on any atom is -0.333 e. The molecule has 3 nitrogen and oxygen atoms in total. The minimum absolute atomic E-state index is 0. The Morgan fingerprint density at radius 2 is 2.04 bits per heavy atom.